The molecule has 0 saturated carbocycles. The van der Waals surface area contributed by atoms with E-state index >= 15 is 0 Å². The van der Waals surface area contributed by atoms with Crippen LogP contribution in [0.3, 0.4) is 0 Å². The number of hydrogen-bond donors (Lipinski definition) is 0. The second-order valence-electron chi connectivity index (χ2n) is 8.50. The number of rotatable bonds is 5. The Morgan fingerprint density at radius 2 is 1.66 bits per heavy atom. The Hall–Kier alpha value is -4.58. The van der Waals surface area contributed by atoms with Gasteiger partial charge in [0.1, 0.15) is 11.6 Å². The summed E-state index contributed by atoms with van der Waals surface area (Å²) in [5, 5.41) is 1.09. The zero-order valence-corrected chi connectivity index (χ0v) is 19.5. The van der Waals surface area contributed by atoms with Crippen molar-refractivity contribution in [2.24, 2.45) is 0 Å². The lowest BCUT2D eigenvalue weighted by atomic mass is 10.1. The standard InChI is InChI=1S/C29H23N5O/c1-3-20-9-11-32-28(13-20)35-23-14-21(16-30-18-23)22-15-26-29(33-17-22)24-6-4-5-7-25(24)34(26)27-12-19(2)8-10-31-27/h4-18H,3H2,1-2H3. The van der Waals surface area contributed by atoms with Crippen molar-refractivity contribution in [3.05, 3.63) is 103 Å². The highest BCUT2D eigenvalue weighted by molar-refractivity contribution is 6.07. The van der Waals surface area contributed by atoms with E-state index in [4.69, 9.17) is 9.72 Å². The zero-order valence-electron chi connectivity index (χ0n) is 19.5. The van der Waals surface area contributed by atoms with E-state index < -0.39 is 0 Å². The number of benzene rings is 1. The van der Waals surface area contributed by atoms with Crippen molar-refractivity contribution in [2.45, 2.75) is 20.3 Å². The summed E-state index contributed by atoms with van der Waals surface area (Å²) < 4.78 is 8.18. The summed E-state index contributed by atoms with van der Waals surface area (Å²) in [4.78, 5) is 18.3. The number of aryl methyl sites for hydroxylation is 2. The van der Waals surface area contributed by atoms with Crippen LogP contribution < -0.4 is 4.74 Å². The third-order valence-corrected chi connectivity index (χ3v) is 6.12. The van der Waals surface area contributed by atoms with Gasteiger partial charge in [-0.2, -0.15) is 0 Å². The molecule has 0 aliphatic rings. The SMILES string of the molecule is CCc1ccnc(Oc2cncc(-c3cnc4c5ccccc5n(-c5cc(C)ccn5)c4c3)c2)c1. The highest BCUT2D eigenvalue weighted by Gasteiger charge is 2.15. The van der Waals surface area contributed by atoms with Gasteiger partial charge in [0.15, 0.2) is 0 Å². The molecule has 6 nitrogen and oxygen atoms in total. The molecule has 0 saturated heterocycles. The molecule has 0 unspecified atom stereocenters. The molecule has 35 heavy (non-hydrogen) atoms. The Kier molecular flexibility index (Phi) is 5.19. The lowest BCUT2D eigenvalue weighted by molar-refractivity contribution is 0.460. The molecule has 0 spiro atoms. The van der Waals surface area contributed by atoms with Crippen LogP contribution in [-0.2, 0) is 6.42 Å². The number of pyridine rings is 4. The van der Waals surface area contributed by atoms with Crippen molar-refractivity contribution in [2.75, 3.05) is 0 Å². The highest BCUT2D eigenvalue weighted by Crippen LogP contribution is 2.33. The molecule has 0 aliphatic carbocycles. The van der Waals surface area contributed by atoms with E-state index in [-0.39, 0.29) is 0 Å². The number of hydrogen-bond acceptors (Lipinski definition) is 5. The van der Waals surface area contributed by atoms with Gasteiger partial charge in [-0.05, 0) is 60.9 Å². The first-order valence-electron chi connectivity index (χ1n) is 11.6. The Bertz CT molecular complexity index is 1690. The highest BCUT2D eigenvalue weighted by atomic mass is 16.5. The minimum absolute atomic E-state index is 0.558. The predicted molar refractivity (Wildman–Crippen MR) is 138 cm³/mol. The fraction of sp³-hybridized carbons (Fsp3) is 0.103. The van der Waals surface area contributed by atoms with Crippen LogP contribution in [0.2, 0.25) is 0 Å². The molecule has 0 fully saturated rings. The van der Waals surface area contributed by atoms with Gasteiger partial charge in [-0.3, -0.25) is 14.5 Å². The van der Waals surface area contributed by atoms with Crippen LogP contribution in [0.15, 0.2) is 91.6 Å². The first-order chi connectivity index (χ1) is 17.2. The van der Waals surface area contributed by atoms with E-state index in [1.807, 2.05) is 55.0 Å². The number of fused-ring (bicyclic) bond motifs is 3. The van der Waals surface area contributed by atoms with Crippen molar-refractivity contribution < 1.29 is 4.74 Å². The second-order valence-corrected chi connectivity index (χ2v) is 8.50. The topological polar surface area (TPSA) is 65.7 Å². The molecule has 0 aliphatic heterocycles. The monoisotopic (exact) mass is 457 g/mol. The van der Waals surface area contributed by atoms with Crippen molar-refractivity contribution in [1.82, 2.24) is 24.5 Å². The van der Waals surface area contributed by atoms with Gasteiger partial charge in [0.05, 0.1) is 22.7 Å². The molecule has 0 atom stereocenters. The third-order valence-electron chi connectivity index (χ3n) is 6.12. The molecule has 0 N–H and O–H groups in total. The first kappa shape index (κ1) is 21.0. The first-order valence-corrected chi connectivity index (χ1v) is 11.6. The van der Waals surface area contributed by atoms with Gasteiger partial charge in [-0.1, -0.05) is 25.1 Å². The van der Waals surface area contributed by atoms with Crippen LogP contribution in [0.4, 0.5) is 0 Å². The minimum atomic E-state index is 0.558. The van der Waals surface area contributed by atoms with Crippen LogP contribution in [0.5, 0.6) is 11.6 Å². The maximum absolute atomic E-state index is 6.02. The summed E-state index contributed by atoms with van der Waals surface area (Å²) in [6.07, 6.45) is 9.94. The van der Waals surface area contributed by atoms with Gasteiger partial charge >= 0.3 is 0 Å². The van der Waals surface area contributed by atoms with Crippen molar-refractivity contribution >= 4 is 21.9 Å². The van der Waals surface area contributed by atoms with E-state index in [1.165, 1.54) is 5.56 Å². The van der Waals surface area contributed by atoms with E-state index in [2.05, 4.69) is 57.6 Å². The molecule has 6 rings (SSSR count). The number of para-hydroxylation sites is 1. The van der Waals surface area contributed by atoms with Gasteiger partial charge in [0.2, 0.25) is 5.88 Å². The number of aromatic nitrogens is 5. The molecule has 0 radical (unpaired) electrons. The fourth-order valence-corrected chi connectivity index (χ4v) is 4.36. The largest absolute Gasteiger partial charge is 0.437 e. The molecular formula is C29H23N5O. The third kappa shape index (κ3) is 3.89. The summed E-state index contributed by atoms with van der Waals surface area (Å²) in [5.41, 5.74) is 7.19. The Morgan fingerprint density at radius 3 is 2.54 bits per heavy atom. The maximum atomic E-state index is 6.02. The van der Waals surface area contributed by atoms with Crippen LogP contribution in [-0.4, -0.2) is 24.5 Å². The van der Waals surface area contributed by atoms with E-state index in [9.17, 15) is 0 Å². The van der Waals surface area contributed by atoms with Crippen LogP contribution in [0.25, 0.3) is 38.9 Å². The van der Waals surface area contributed by atoms with Gasteiger partial charge < -0.3 is 4.74 Å². The van der Waals surface area contributed by atoms with E-state index in [1.54, 1.807) is 12.4 Å². The van der Waals surface area contributed by atoms with Gasteiger partial charge in [-0.25, -0.2) is 9.97 Å². The van der Waals surface area contributed by atoms with Gasteiger partial charge in [0.25, 0.3) is 0 Å². The molecule has 0 bridgehead atoms. The molecule has 6 heteroatoms. The normalized spacial score (nSPS) is 11.3. The van der Waals surface area contributed by atoms with Crippen molar-refractivity contribution in [1.29, 1.82) is 0 Å². The van der Waals surface area contributed by atoms with Crippen molar-refractivity contribution in [3.8, 4) is 28.6 Å². The van der Waals surface area contributed by atoms with E-state index in [0.717, 1.165) is 50.9 Å². The molecule has 1 aromatic carbocycles. The Morgan fingerprint density at radius 1 is 0.800 bits per heavy atom. The number of nitrogens with zero attached hydrogens (tertiary/aromatic N) is 5. The molecule has 0 amide bonds. The van der Waals surface area contributed by atoms with Crippen LogP contribution in [0.1, 0.15) is 18.1 Å². The Balaban J connectivity index is 1.47. The van der Waals surface area contributed by atoms with Crippen LogP contribution >= 0.6 is 0 Å². The lowest BCUT2D eigenvalue weighted by Gasteiger charge is -2.09. The molecule has 5 aromatic heterocycles. The van der Waals surface area contributed by atoms with Crippen molar-refractivity contribution in [3.63, 3.8) is 0 Å². The summed E-state index contributed by atoms with van der Waals surface area (Å²) in [6.45, 7) is 4.18. The average molecular weight is 458 g/mol. The summed E-state index contributed by atoms with van der Waals surface area (Å²) in [7, 11) is 0. The summed E-state index contributed by atoms with van der Waals surface area (Å²) >= 11 is 0. The molecule has 170 valence electrons. The minimum Gasteiger partial charge on any atom is -0.437 e. The molecular weight excluding hydrogens is 434 g/mol. The smallest absolute Gasteiger partial charge is 0.219 e. The predicted octanol–water partition coefficient (Wildman–Crippen LogP) is 6.69. The van der Waals surface area contributed by atoms with Gasteiger partial charge in [0, 0.05) is 47.4 Å². The van der Waals surface area contributed by atoms with Gasteiger partial charge in [-0.15, -0.1) is 0 Å². The summed E-state index contributed by atoms with van der Waals surface area (Å²) in [5.74, 6) is 2.05. The Labute approximate surface area is 202 Å². The zero-order chi connectivity index (χ0) is 23.8. The fourth-order valence-electron chi connectivity index (χ4n) is 4.36. The van der Waals surface area contributed by atoms with Crippen LogP contribution in [0, 0.1) is 6.92 Å². The lowest BCUT2D eigenvalue weighted by Crippen LogP contribution is -1.98. The van der Waals surface area contributed by atoms with E-state index in [0.29, 0.717) is 11.6 Å². The quantitative estimate of drug-likeness (QED) is 0.288. The molecule has 5 heterocycles. The average Bonchev–Trinajstić information content (AvgIpc) is 3.23. The second kappa shape index (κ2) is 8.65. The molecule has 6 aromatic rings. The summed E-state index contributed by atoms with van der Waals surface area (Å²) in [6, 6.07) is 20.4. The number of ether oxygens (including phenoxy) is 1. The maximum Gasteiger partial charge on any atom is 0.219 e.